The molecule has 1 aromatic carbocycles. The van der Waals surface area contributed by atoms with Gasteiger partial charge in [0.15, 0.2) is 0 Å². The zero-order valence-electron chi connectivity index (χ0n) is 15.4. The van der Waals surface area contributed by atoms with Gasteiger partial charge in [0.25, 0.3) is 11.7 Å². The number of carbonyl (C=O) groups excluding carboxylic acids is 2. The molecular weight excluding hydrogens is 344 g/mol. The molecule has 2 heterocycles. The molecule has 1 aliphatic heterocycles. The normalized spacial score (nSPS) is 18.9. The van der Waals surface area contributed by atoms with Gasteiger partial charge in [0.05, 0.1) is 11.6 Å². The van der Waals surface area contributed by atoms with Crippen LogP contribution in [-0.4, -0.2) is 46.9 Å². The molecule has 1 N–H and O–H groups in total. The van der Waals surface area contributed by atoms with Crippen molar-refractivity contribution in [1.29, 1.82) is 0 Å². The quantitative estimate of drug-likeness (QED) is 0.368. The summed E-state index contributed by atoms with van der Waals surface area (Å²) < 4.78 is 5.07. The highest BCUT2D eigenvalue weighted by molar-refractivity contribution is 6.46. The highest BCUT2D eigenvalue weighted by Gasteiger charge is 2.45. The van der Waals surface area contributed by atoms with Crippen molar-refractivity contribution in [3.8, 4) is 0 Å². The Kier molecular flexibility index (Phi) is 5.66. The number of hydrogen-bond donors (Lipinski definition) is 1. The number of nitrogens with zero attached hydrogens (tertiary/aromatic N) is 2. The molecule has 27 heavy (non-hydrogen) atoms. The van der Waals surface area contributed by atoms with Crippen molar-refractivity contribution in [2.75, 3.05) is 20.3 Å². The Morgan fingerprint density at radius 1 is 1.15 bits per heavy atom. The second kappa shape index (κ2) is 8.14. The first-order valence-electron chi connectivity index (χ1n) is 8.79. The molecule has 1 aliphatic rings. The van der Waals surface area contributed by atoms with Crippen LogP contribution in [0.15, 0.2) is 54.4 Å². The molecule has 3 rings (SSSR count). The molecule has 0 saturated carbocycles. The summed E-state index contributed by atoms with van der Waals surface area (Å²) >= 11 is 0. The summed E-state index contributed by atoms with van der Waals surface area (Å²) in [6.07, 6.45) is 3.66. The van der Waals surface area contributed by atoms with Gasteiger partial charge in [-0.1, -0.05) is 29.8 Å². The number of likely N-dealkylation sites (tertiary alicyclic amines) is 1. The summed E-state index contributed by atoms with van der Waals surface area (Å²) in [6, 6.07) is 10.2. The van der Waals surface area contributed by atoms with E-state index in [1.165, 1.54) is 17.3 Å². The number of aliphatic hydroxyl groups excluding tert-OH is 1. The van der Waals surface area contributed by atoms with E-state index in [9.17, 15) is 14.7 Å². The lowest BCUT2D eigenvalue weighted by Crippen LogP contribution is -2.31. The average molecular weight is 366 g/mol. The lowest BCUT2D eigenvalue weighted by atomic mass is 9.95. The van der Waals surface area contributed by atoms with Gasteiger partial charge in [-0.05, 0) is 31.0 Å². The first-order valence-corrected chi connectivity index (χ1v) is 8.79. The van der Waals surface area contributed by atoms with E-state index in [-0.39, 0.29) is 11.3 Å². The van der Waals surface area contributed by atoms with Crippen molar-refractivity contribution in [2.24, 2.45) is 0 Å². The number of hydrogen-bond acceptors (Lipinski definition) is 5. The number of rotatable bonds is 6. The van der Waals surface area contributed by atoms with E-state index < -0.39 is 17.7 Å². The van der Waals surface area contributed by atoms with Crippen LogP contribution in [0.25, 0.3) is 5.76 Å². The Labute approximate surface area is 158 Å². The third-order valence-electron chi connectivity index (χ3n) is 4.63. The number of carbonyl (C=O) groups is 2. The van der Waals surface area contributed by atoms with E-state index in [4.69, 9.17) is 4.74 Å². The number of amides is 1. The van der Waals surface area contributed by atoms with Gasteiger partial charge >= 0.3 is 0 Å². The monoisotopic (exact) mass is 366 g/mol. The number of ketones is 1. The molecule has 140 valence electrons. The van der Waals surface area contributed by atoms with Crippen LogP contribution >= 0.6 is 0 Å². The summed E-state index contributed by atoms with van der Waals surface area (Å²) in [7, 11) is 1.59. The number of aromatic nitrogens is 1. The number of Topliss-reactive ketones (excluding diaryl/α,β-unsaturated/α-hetero) is 1. The molecule has 1 saturated heterocycles. The van der Waals surface area contributed by atoms with Gasteiger partial charge < -0.3 is 14.7 Å². The number of aryl methyl sites for hydroxylation is 1. The van der Waals surface area contributed by atoms with Crippen LogP contribution in [0, 0.1) is 6.92 Å². The fraction of sp³-hybridized carbons (Fsp3) is 0.286. The first-order chi connectivity index (χ1) is 13.0. The molecule has 1 atom stereocenters. The van der Waals surface area contributed by atoms with Crippen LogP contribution in [0.1, 0.15) is 29.2 Å². The zero-order chi connectivity index (χ0) is 19.4. The largest absolute Gasteiger partial charge is 0.507 e. The predicted molar refractivity (Wildman–Crippen MR) is 101 cm³/mol. The fourth-order valence-corrected chi connectivity index (χ4v) is 3.25. The van der Waals surface area contributed by atoms with Gasteiger partial charge in [0.2, 0.25) is 0 Å². The molecule has 0 aliphatic carbocycles. The number of methoxy groups -OCH3 is 1. The maximum absolute atomic E-state index is 12.8. The predicted octanol–water partition coefficient (Wildman–Crippen LogP) is 2.85. The van der Waals surface area contributed by atoms with E-state index in [2.05, 4.69) is 4.98 Å². The molecule has 1 amide bonds. The van der Waals surface area contributed by atoms with Gasteiger partial charge in [0, 0.05) is 38.2 Å². The van der Waals surface area contributed by atoms with Crippen LogP contribution < -0.4 is 0 Å². The molecule has 6 nitrogen and oxygen atoms in total. The maximum Gasteiger partial charge on any atom is 0.295 e. The van der Waals surface area contributed by atoms with Gasteiger partial charge in [-0.15, -0.1) is 0 Å². The molecule has 6 heteroatoms. The van der Waals surface area contributed by atoms with E-state index in [1.54, 1.807) is 19.2 Å². The zero-order valence-corrected chi connectivity index (χ0v) is 15.4. The molecule has 2 aromatic rings. The van der Waals surface area contributed by atoms with Gasteiger partial charge in [0.1, 0.15) is 5.76 Å². The third kappa shape index (κ3) is 3.75. The van der Waals surface area contributed by atoms with Crippen molar-refractivity contribution in [2.45, 2.75) is 19.4 Å². The Morgan fingerprint density at radius 2 is 1.81 bits per heavy atom. The van der Waals surface area contributed by atoms with Crippen LogP contribution in [0.5, 0.6) is 0 Å². The topological polar surface area (TPSA) is 79.7 Å². The molecule has 1 fully saturated rings. The molecule has 0 radical (unpaired) electrons. The smallest absolute Gasteiger partial charge is 0.295 e. The molecule has 1 unspecified atom stereocenters. The first kappa shape index (κ1) is 18.8. The second-order valence-electron chi connectivity index (χ2n) is 6.49. The van der Waals surface area contributed by atoms with Crippen molar-refractivity contribution in [3.05, 3.63) is 71.1 Å². The highest BCUT2D eigenvalue weighted by Crippen LogP contribution is 2.39. The van der Waals surface area contributed by atoms with Crippen LogP contribution in [0.4, 0.5) is 0 Å². The average Bonchev–Trinajstić information content (AvgIpc) is 2.94. The maximum atomic E-state index is 12.8. The van der Waals surface area contributed by atoms with Crippen molar-refractivity contribution in [3.63, 3.8) is 0 Å². The highest BCUT2D eigenvalue weighted by atomic mass is 16.5. The van der Waals surface area contributed by atoms with E-state index in [0.29, 0.717) is 25.1 Å². The summed E-state index contributed by atoms with van der Waals surface area (Å²) in [5.74, 6) is -1.46. The van der Waals surface area contributed by atoms with E-state index >= 15 is 0 Å². The van der Waals surface area contributed by atoms with Gasteiger partial charge in [-0.3, -0.25) is 14.6 Å². The molecule has 0 spiro atoms. The summed E-state index contributed by atoms with van der Waals surface area (Å²) in [4.78, 5) is 30.9. The SMILES string of the molecule is COCCCN1C(=O)C(=O)C(=C(O)c2ccncc2)C1c1ccc(C)cc1. The minimum atomic E-state index is -0.674. The Bertz CT molecular complexity index is 860. The lowest BCUT2D eigenvalue weighted by Gasteiger charge is -2.25. The van der Waals surface area contributed by atoms with E-state index in [1.807, 2.05) is 31.2 Å². The summed E-state index contributed by atoms with van der Waals surface area (Å²) in [5, 5.41) is 10.8. The molecule has 1 aromatic heterocycles. The van der Waals surface area contributed by atoms with Crippen LogP contribution in [0.3, 0.4) is 0 Å². The molecule has 0 bridgehead atoms. The third-order valence-corrected chi connectivity index (χ3v) is 4.63. The molecular formula is C21H22N2O4. The van der Waals surface area contributed by atoms with Crippen molar-refractivity contribution < 1.29 is 19.4 Å². The number of benzene rings is 1. The fourth-order valence-electron chi connectivity index (χ4n) is 3.25. The Hall–Kier alpha value is -2.99. The van der Waals surface area contributed by atoms with Crippen LogP contribution in [-0.2, 0) is 14.3 Å². The minimum Gasteiger partial charge on any atom is -0.507 e. The van der Waals surface area contributed by atoms with Crippen molar-refractivity contribution in [1.82, 2.24) is 9.88 Å². The van der Waals surface area contributed by atoms with E-state index in [0.717, 1.165) is 11.1 Å². The Balaban J connectivity index is 2.10. The second-order valence-corrected chi connectivity index (χ2v) is 6.49. The summed E-state index contributed by atoms with van der Waals surface area (Å²) in [5.41, 5.74) is 2.42. The minimum absolute atomic E-state index is 0.104. The Morgan fingerprint density at radius 3 is 2.44 bits per heavy atom. The number of ether oxygens (including phenoxy) is 1. The van der Waals surface area contributed by atoms with Gasteiger partial charge in [-0.25, -0.2) is 0 Å². The summed E-state index contributed by atoms with van der Waals surface area (Å²) in [6.45, 7) is 2.81. The standard InChI is InChI=1S/C21H22N2O4/c1-14-4-6-15(7-5-14)18-17(19(24)16-8-10-22-11-9-16)20(25)21(26)23(18)12-3-13-27-2/h4-11,18,24H,3,12-13H2,1-2H3. The van der Waals surface area contributed by atoms with Gasteiger partial charge in [-0.2, -0.15) is 0 Å². The number of pyridine rings is 1. The van der Waals surface area contributed by atoms with Crippen molar-refractivity contribution >= 4 is 17.4 Å². The van der Waals surface area contributed by atoms with Crippen LogP contribution in [0.2, 0.25) is 0 Å². The number of aliphatic hydroxyl groups is 1. The lowest BCUT2D eigenvalue weighted by molar-refractivity contribution is -0.140.